The minimum atomic E-state index is -0.134. The van der Waals surface area contributed by atoms with Crippen molar-refractivity contribution in [1.82, 2.24) is 20.3 Å². The fourth-order valence-electron chi connectivity index (χ4n) is 3.76. The van der Waals surface area contributed by atoms with Crippen LogP contribution in [0.5, 0.6) is 0 Å². The molecule has 7 heteroatoms. The standard InChI is InChI=1S/C22H23BrN6.C2H6/c1-3-14-11-15(5-6-17(14)27-19(24)7-10-25-2)22(8-4-9-22)21-28-18-12-16(23)13-26-20(18)29-21;1-2/h3,5-7,10-13,25H,1,4,8-9H2,2H3,(H2,24,27)(H,26,28,29);1-2H3/b10-7-;. The van der Waals surface area contributed by atoms with Gasteiger partial charge in [0.15, 0.2) is 5.65 Å². The number of aromatic amines is 1. The van der Waals surface area contributed by atoms with E-state index in [-0.39, 0.29) is 5.41 Å². The smallest absolute Gasteiger partial charge is 0.177 e. The lowest BCUT2D eigenvalue weighted by molar-refractivity contribution is 0.287. The number of nitrogens with zero attached hydrogens (tertiary/aromatic N) is 3. The van der Waals surface area contributed by atoms with Crippen LogP contribution in [0.2, 0.25) is 0 Å². The average molecular weight is 481 g/mol. The molecule has 1 saturated carbocycles. The van der Waals surface area contributed by atoms with Crippen LogP contribution in [0.25, 0.3) is 17.2 Å². The molecule has 1 fully saturated rings. The first-order valence-corrected chi connectivity index (χ1v) is 11.3. The molecule has 6 nitrogen and oxygen atoms in total. The van der Waals surface area contributed by atoms with Gasteiger partial charge in [0, 0.05) is 17.7 Å². The Kier molecular flexibility index (Phi) is 7.28. The van der Waals surface area contributed by atoms with E-state index in [1.807, 2.05) is 39.1 Å². The molecule has 3 aromatic rings. The van der Waals surface area contributed by atoms with Gasteiger partial charge in [0.2, 0.25) is 0 Å². The summed E-state index contributed by atoms with van der Waals surface area (Å²) in [5, 5.41) is 2.91. The highest BCUT2D eigenvalue weighted by Gasteiger charge is 2.43. The number of amidine groups is 1. The van der Waals surface area contributed by atoms with Crippen LogP contribution in [0.3, 0.4) is 0 Å². The highest BCUT2D eigenvalue weighted by Crippen LogP contribution is 2.49. The molecule has 0 aliphatic heterocycles. The second-order valence-electron chi connectivity index (χ2n) is 7.18. The van der Waals surface area contributed by atoms with Gasteiger partial charge < -0.3 is 16.0 Å². The highest BCUT2D eigenvalue weighted by molar-refractivity contribution is 9.10. The SMILES string of the molecule is C=Cc1cc(C2(c3nc4ncc(Br)cc4[nH]3)CCC2)ccc1N=C(N)/C=C\NC.CC. The van der Waals surface area contributed by atoms with E-state index in [2.05, 4.69) is 54.9 Å². The Labute approximate surface area is 191 Å². The largest absolute Gasteiger partial charge is 0.394 e. The maximum atomic E-state index is 5.99. The number of nitrogens with two attached hydrogens (primary N) is 1. The zero-order valence-electron chi connectivity index (χ0n) is 18.2. The summed E-state index contributed by atoms with van der Waals surface area (Å²) in [5.41, 5.74) is 10.5. The Balaban J connectivity index is 0.00000132. The predicted molar refractivity (Wildman–Crippen MR) is 134 cm³/mol. The van der Waals surface area contributed by atoms with Crippen molar-refractivity contribution in [2.45, 2.75) is 38.5 Å². The third-order valence-electron chi connectivity index (χ3n) is 5.43. The van der Waals surface area contributed by atoms with E-state index in [1.165, 1.54) is 12.0 Å². The molecule has 1 aliphatic rings. The Hall–Kier alpha value is -2.93. The second-order valence-corrected chi connectivity index (χ2v) is 8.10. The van der Waals surface area contributed by atoms with Crippen LogP contribution >= 0.6 is 15.9 Å². The van der Waals surface area contributed by atoms with Crippen LogP contribution in [0.4, 0.5) is 5.69 Å². The summed E-state index contributed by atoms with van der Waals surface area (Å²) in [5.74, 6) is 1.40. The summed E-state index contributed by atoms with van der Waals surface area (Å²) in [6.07, 6.45) is 10.3. The lowest BCUT2D eigenvalue weighted by Crippen LogP contribution is -2.36. The molecule has 0 radical (unpaired) electrons. The first kappa shape index (κ1) is 22.7. The molecule has 0 unspecified atom stereocenters. The second kappa shape index (κ2) is 9.92. The van der Waals surface area contributed by atoms with Gasteiger partial charge in [-0.25, -0.2) is 15.0 Å². The number of aliphatic imine (C=N–C) groups is 1. The lowest BCUT2D eigenvalue weighted by atomic mass is 9.63. The topological polar surface area (TPSA) is 92.0 Å². The van der Waals surface area contributed by atoms with Gasteiger partial charge in [-0.1, -0.05) is 39.0 Å². The van der Waals surface area contributed by atoms with E-state index in [9.17, 15) is 0 Å². The van der Waals surface area contributed by atoms with E-state index in [0.717, 1.165) is 45.6 Å². The van der Waals surface area contributed by atoms with Crippen LogP contribution in [-0.2, 0) is 5.41 Å². The summed E-state index contributed by atoms with van der Waals surface area (Å²) in [4.78, 5) is 17.2. The molecule has 0 spiro atoms. The molecule has 1 aromatic carbocycles. The molecule has 2 aromatic heterocycles. The first-order valence-electron chi connectivity index (χ1n) is 10.5. The zero-order valence-corrected chi connectivity index (χ0v) is 19.8. The Morgan fingerprint density at radius 2 is 2.10 bits per heavy atom. The van der Waals surface area contributed by atoms with Crippen molar-refractivity contribution in [3.05, 3.63) is 70.7 Å². The van der Waals surface area contributed by atoms with Gasteiger partial charge in [0.05, 0.1) is 16.6 Å². The fraction of sp³-hybridized carbons (Fsp3) is 0.292. The minimum absolute atomic E-state index is 0.134. The monoisotopic (exact) mass is 480 g/mol. The lowest BCUT2D eigenvalue weighted by Gasteiger charge is -2.41. The van der Waals surface area contributed by atoms with Gasteiger partial charge in [-0.2, -0.15) is 0 Å². The number of benzene rings is 1. The van der Waals surface area contributed by atoms with Crippen molar-refractivity contribution in [3.63, 3.8) is 0 Å². The van der Waals surface area contributed by atoms with Gasteiger partial charge in [-0.15, -0.1) is 0 Å². The summed E-state index contributed by atoms with van der Waals surface area (Å²) in [6, 6.07) is 8.29. The quantitative estimate of drug-likeness (QED) is 0.317. The molecule has 2 heterocycles. The van der Waals surface area contributed by atoms with Gasteiger partial charge in [0.25, 0.3) is 0 Å². The van der Waals surface area contributed by atoms with Gasteiger partial charge in [0.1, 0.15) is 11.7 Å². The number of nitrogens with one attached hydrogen (secondary N) is 2. The third-order valence-corrected chi connectivity index (χ3v) is 5.87. The number of imidazole rings is 1. The maximum absolute atomic E-state index is 5.99. The molecule has 0 amide bonds. The average Bonchev–Trinajstić information content (AvgIpc) is 3.16. The van der Waals surface area contributed by atoms with Crippen molar-refractivity contribution >= 4 is 44.7 Å². The molecule has 0 saturated heterocycles. The molecule has 162 valence electrons. The number of pyridine rings is 1. The molecular weight excluding hydrogens is 452 g/mol. The summed E-state index contributed by atoms with van der Waals surface area (Å²) in [6.45, 7) is 7.97. The first-order chi connectivity index (χ1) is 15.1. The van der Waals surface area contributed by atoms with Gasteiger partial charge >= 0.3 is 0 Å². The number of halogens is 1. The number of fused-ring (bicyclic) bond motifs is 1. The Morgan fingerprint density at radius 1 is 1.32 bits per heavy atom. The van der Waals surface area contributed by atoms with Crippen molar-refractivity contribution in [3.8, 4) is 0 Å². The van der Waals surface area contributed by atoms with Crippen LogP contribution in [0.1, 0.15) is 50.1 Å². The highest BCUT2D eigenvalue weighted by atomic mass is 79.9. The van der Waals surface area contributed by atoms with Gasteiger partial charge in [-0.05, 0) is 70.4 Å². The van der Waals surface area contributed by atoms with E-state index < -0.39 is 0 Å². The van der Waals surface area contributed by atoms with Crippen molar-refractivity contribution < 1.29 is 0 Å². The molecule has 4 rings (SSSR count). The number of aromatic nitrogens is 3. The number of H-pyrrole nitrogens is 1. The Bertz CT molecular complexity index is 1120. The van der Waals surface area contributed by atoms with E-state index in [4.69, 9.17) is 10.7 Å². The number of rotatable bonds is 6. The van der Waals surface area contributed by atoms with Crippen molar-refractivity contribution in [2.24, 2.45) is 10.7 Å². The minimum Gasteiger partial charge on any atom is -0.394 e. The van der Waals surface area contributed by atoms with Crippen LogP contribution in [0.15, 0.2) is 58.8 Å². The van der Waals surface area contributed by atoms with Crippen LogP contribution < -0.4 is 11.1 Å². The van der Waals surface area contributed by atoms with E-state index in [0.29, 0.717) is 5.84 Å². The molecule has 4 N–H and O–H groups in total. The van der Waals surface area contributed by atoms with E-state index in [1.54, 1.807) is 18.5 Å². The molecule has 1 aliphatic carbocycles. The molecular formula is C24H29BrN6. The predicted octanol–water partition coefficient (Wildman–Crippen LogP) is 5.58. The normalized spacial score (nSPS) is 15.3. The van der Waals surface area contributed by atoms with Crippen LogP contribution in [0, 0.1) is 0 Å². The third kappa shape index (κ3) is 4.56. The summed E-state index contributed by atoms with van der Waals surface area (Å²) >= 11 is 3.48. The number of hydrogen-bond acceptors (Lipinski definition) is 4. The fourth-order valence-corrected chi connectivity index (χ4v) is 4.09. The molecule has 0 atom stereocenters. The molecule has 31 heavy (non-hydrogen) atoms. The van der Waals surface area contributed by atoms with Crippen molar-refractivity contribution in [2.75, 3.05) is 7.05 Å². The van der Waals surface area contributed by atoms with Crippen LogP contribution in [-0.4, -0.2) is 27.8 Å². The van der Waals surface area contributed by atoms with Gasteiger partial charge in [-0.3, -0.25) is 0 Å². The zero-order chi connectivity index (χ0) is 22.4. The Morgan fingerprint density at radius 3 is 2.74 bits per heavy atom. The maximum Gasteiger partial charge on any atom is 0.177 e. The van der Waals surface area contributed by atoms with Crippen molar-refractivity contribution in [1.29, 1.82) is 0 Å². The number of hydrogen-bond donors (Lipinski definition) is 3. The van der Waals surface area contributed by atoms with E-state index >= 15 is 0 Å². The molecule has 0 bridgehead atoms. The summed E-state index contributed by atoms with van der Waals surface area (Å²) in [7, 11) is 1.82. The summed E-state index contributed by atoms with van der Waals surface area (Å²) < 4.78 is 0.934.